The molecule has 0 atom stereocenters. The van der Waals surface area contributed by atoms with Crippen LogP contribution < -0.4 is 10.2 Å². The maximum Gasteiger partial charge on any atom is 0.251 e. The molecule has 4 rings (SSSR count). The molecule has 3 aromatic rings. The maximum absolute atomic E-state index is 11.7. The van der Waals surface area contributed by atoms with Crippen LogP contribution in [-0.2, 0) is 6.54 Å². The van der Waals surface area contributed by atoms with Crippen LogP contribution in [0, 0.1) is 0 Å². The van der Waals surface area contributed by atoms with E-state index in [9.17, 15) is 4.79 Å². The van der Waals surface area contributed by atoms with Crippen molar-refractivity contribution in [1.82, 2.24) is 10.2 Å². The Bertz CT molecular complexity index is 994. The Morgan fingerprint density at radius 3 is 2.23 bits per heavy atom. The van der Waals surface area contributed by atoms with Crippen LogP contribution in [-0.4, -0.2) is 44.0 Å². The van der Waals surface area contributed by atoms with Gasteiger partial charge in [0, 0.05) is 56.0 Å². The number of hydrogen-bond acceptors (Lipinski definition) is 3. The Hall–Kier alpha value is -2.82. The molecule has 4 nitrogen and oxygen atoms in total. The van der Waals surface area contributed by atoms with Crippen molar-refractivity contribution in [3.8, 4) is 11.1 Å². The van der Waals surface area contributed by atoms with Crippen molar-refractivity contribution in [1.29, 1.82) is 0 Å². The van der Waals surface area contributed by atoms with E-state index in [-0.39, 0.29) is 5.91 Å². The summed E-state index contributed by atoms with van der Waals surface area (Å²) in [6, 6.07) is 24.5. The highest BCUT2D eigenvalue weighted by Gasteiger charge is 2.19. The fourth-order valence-corrected chi connectivity index (χ4v) is 4.07. The fourth-order valence-electron chi connectivity index (χ4n) is 3.94. The highest BCUT2D eigenvalue weighted by atomic mass is 35.5. The van der Waals surface area contributed by atoms with Gasteiger partial charge < -0.3 is 10.2 Å². The quantitative estimate of drug-likeness (QED) is 0.651. The molecule has 1 heterocycles. The molecule has 0 bridgehead atoms. The number of rotatable bonds is 5. The van der Waals surface area contributed by atoms with Gasteiger partial charge in [-0.1, -0.05) is 48.0 Å². The van der Waals surface area contributed by atoms with Crippen LogP contribution in [0.2, 0.25) is 5.02 Å². The number of benzene rings is 3. The van der Waals surface area contributed by atoms with E-state index in [0.717, 1.165) is 37.7 Å². The van der Waals surface area contributed by atoms with E-state index < -0.39 is 0 Å². The Morgan fingerprint density at radius 1 is 0.900 bits per heavy atom. The van der Waals surface area contributed by atoms with Gasteiger partial charge in [-0.25, -0.2) is 0 Å². The van der Waals surface area contributed by atoms with Crippen LogP contribution in [0.3, 0.4) is 0 Å². The normalized spacial score (nSPS) is 14.5. The molecule has 1 aliphatic heterocycles. The SMILES string of the molecule is CNC(=O)c1ccc(N2CCN(Cc3ccccc3-c3ccc(Cl)cc3)CC2)cc1. The van der Waals surface area contributed by atoms with Crippen LogP contribution in [0.15, 0.2) is 72.8 Å². The molecule has 5 heteroatoms. The van der Waals surface area contributed by atoms with Crippen LogP contribution in [0.1, 0.15) is 15.9 Å². The summed E-state index contributed by atoms with van der Waals surface area (Å²) < 4.78 is 0. The molecular formula is C25H26ClN3O. The van der Waals surface area contributed by atoms with Crippen molar-refractivity contribution in [2.45, 2.75) is 6.54 Å². The third-order valence-electron chi connectivity index (χ3n) is 5.66. The zero-order valence-electron chi connectivity index (χ0n) is 17.1. The summed E-state index contributed by atoms with van der Waals surface area (Å²) in [7, 11) is 1.65. The molecule has 0 aliphatic carbocycles. The van der Waals surface area contributed by atoms with E-state index in [2.05, 4.69) is 51.5 Å². The standard InChI is InChI=1S/C25H26ClN3O/c1-27-25(30)20-8-12-23(13-9-20)29-16-14-28(15-17-29)18-21-4-2-3-5-24(21)19-6-10-22(26)11-7-19/h2-13H,14-18H2,1H3,(H,27,30). The average molecular weight is 420 g/mol. The second-order valence-corrected chi connectivity index (χ2v) is 7.99. The number of hydrogen-bond donors (Lipinski definition) is 1. The smallest absolute Gasteiger partial charge is 0.251 e. The molecule has 1 saturated heterocycles. The van der Waals surface area contributed by atoms with Gasteiger partial charge in [0.25, 0.3) is 5.91 Å². The first-order chi connectivity index (χ1) is 14.6. The van der Waals surface area contributed by atoms with Crippen LogP contribution in [0.4, 0.5) is 5.69 Å². The van der Waals surface area contributed by atoms with Crippen molar-refractivity contribution in [3.05, 3.63) is 88.9 Å². The van der Waals surface area contributed by atoms with E-state index >= 15 is 0 Å². The number of carbonyl (C=O) groups excluding carboxylic acids is 1. The average Bonchev–Trinajstić information content (AvgIpc) is 2.80. The van der Waals surface area contributed by atoms with Crippen LogP contribution in [0.5, 0.6) is 0 Å². The zero-order chi connectivity index (χ0) is 20.9. The van der Waals surface area contributed by atoms with Crippen molar-refractivity contribution >= 4 is 23.2 Å². The topological polar surface area (TPSA) is 35.6 Å². The van der Waals surface area contributed by atoms with Crippen LogP contribution >= 0.6 is 11.6 Å². The molecule has 30 heavy (non-hydrogen) atoms. The summed E-state index contributed by atoms with van der Waals surface area (Å²) in [5.74, 6) is -0.0503. The Balaban J connectivity index is 1.40. The number of halogens is 1. The lowest BCUT2D eigenvalue weighted by Crippen LogP contribution is -2.46. The molecular weight excluding hydrogens is 394 g/mol. The summed E-state index contributed by atoms with van der Waals surface area (Å²) >= 11 is 6.06. The van der Waals surface area contributed by atoms with Gasteiger partial charge in [-0.05, 0) is 53.1 Å². The molecule has 1 amide bonds. The maximum atomic E-state index is 11.7. The lowest BCUT2D eigenvalue weighted by atomic mass is 9.99. The van der Waals surface area contributed by atoms with E-state index in [0.29, 0.717) is 5.56 Å². The van der Waals surface area contributed by atoms with Crippen molar-refractivity contribution in [2.75, 3.05) is 38.1 Å². The number of piperazine rings is 1. The van der Waals surface area contributed by atoms with E-state index in [1.54, 1.807) is 7.05 Å². The van der Waals surface area contributed by atoms with Gasteiger partial charge in [0.05, 0.1) is 0 Å². The highest BCUT2D eigenvalue weighted by Crippen LogP contribution is 2.27. The molecule has 0 aromatic heterocycles. The van der Waals surface area contributed by atoms with Crippen molar-refractivity contribution in [2.24, 2.45) is 0 Å². The van der Waals surface area contributed by atoms with Crippen molar-refractivity contribution in [3.63, 3.8) is 0 Å². The largest absolute Gasteiger partial charge is 0.369 e. The minimum Gasteiger partial charge on any atom is -0.369 e. The minimum atomic E-state index is -0.0503. The summed E-state index contributed by atoms with van der Waals surface area (Å²) in [5.41, 5.74) is 5.66. The van der Waals surface area contributed by atoms with Gasteiger partial charge in [-0.15, -0.1) is 0 Å². The highest BCUT2D eigenvalue weighted by molar-refractivity contribution is 6.30. The number of nitrogens with zero attached hydrogens (tertiary/aromatic N) is 2. The first-order valence-electron chi connectivity index (χ1n) is 10.3. The Labute approximate surface area is 183 Å². The van der Waals surface area contributed by atoms with Gasteiger partial charge in [-0.2, -0.15) is 0 Å². The first-order valence-corrected chi connectivity index (χ1v) is 10.6. The van der Waals surface area contributed by atoms with Gasteiger partial charge in [0.2, 0.25) is 0 Å². The summed E-state index contributed by atoms with van der Waals surface area (Å²) in [6.45, 7) is 4.89. The number of amides is 1. The second-order valence-electron chi connectivity index (χ2n) is 7.55. The monoisotopic (exact) mass is 419 g/mol. The van der Waals surface area contributed by atoms with E-state index in [1.807, 2.05) is 36.4 Å². The van der Waals surface area contributed by atoms with E-state index in [4.69, 9.17) is 11.6 Å². The predicted octanol–water partition coefficient (Wildman–Crippen LogP) is 4.69. The molecule has 1 fully saturated rings. The summed E-state index contributed by atoms with van der Waals surface area (Å²) in [6.07, 6.45) is 0. The third kappa shape index (κ3) is 4.66. The van der Waals surface area contributed by atoms with Gasteiger partial charge in [-0.3, -0.25) is 9.69 Å². The first kappa shape index (κ1) is 20.5. The lowest BCUT2D eigenvalue weighted by Gasteiger charge is -2.36. The Morgan fingerprint density at radius 2 is 1.57 bits per heavy atom. The molecule has 0 saturated carbocycles. The molecule has 0 radical (unpaired) electrons. The van der Waals surface area contributed by atoms with Gasteiger partial charge >= 0.3 is 0 Å². The molecule has 0 unspecified atom stereocenters. The Kier molecular flexibility index (Phi) is 6.36. The number of nitrogens with one attached hydrogen (secondary N) is 1. The van der Waals surface area contributed by atoms with Crippen LogP contribution in [0.25, 0.3) is 11.1 Å². The van der Waals surface area contributed by atoms with Crippen molar-refractivity contribution < 1.29 is 4.79 Å². The molecule has 3 aromatic carbocycles. The second kappa shape index (κ2) is 9.33. The van der Waals surface area contributed by atoms with Gasteiger partial charge in [0.1, 0.15) is 0 Å². The molecule has 1 N–H and O–H groups in total. The minimum absolute atomic E-state index is 0.0503. The molecule has 154 valence electrons. The molecule has 0 spiro atoms. The summed E-state index contributed by atoms with van der Waals surface area (Å²) in [5, 5.41) is 3.42. The summed E-state index contributed by atoms with van der Waals surface area (Å²) in [4.78, 5) is 16.6. The van der Waals surface area contributed by atoms with Gasteiger partial charge in [0.15, 0.2) is 0 Å². The lowest BCUT2D eigenvalue weighted by molar-refractivity contribution is 0.0963. The number of anilines is 1. The molecule has 1 aliphatic rings. The zero-order valence-corrected chi connectivity index (χ0v) is 17.9. The third-order valence-corrected chi connectivity index (χ3v) is 5.91. The van der Waals surface area contributed by atoms with E-state index in [1.165, 1.54) is 22.4 Å². The predicted molar refractivity (Wildman–Crippen MR) is 124 cm³/mol. The number of carbonyl (C=O) groups is 1. The fraction of sp³-hybridized carbons (Fsp3) is 0.240.